The Hall–Kier alpha value is -0.780. The molecule has 1 atom stereocenters. The maximum atomic E-state index is 11.0. The lowest BCUT2D eigenvalue weighted by Gasteiger charge is -2.08. The SMILES string of the molecule is COC(=O)C(N)CCSCc1ccncc1Cl. The number of ether oxygens (including phenoxy) is 1. The van der Waals surface area contributed by atoms with Crippen LogP contribution in [-0.2, 0) is 15.3 Å². The molecule has 0 fully saturated rings. The van der Waals surface area contributed by atoms with E-state index < -0.39 is 6.04 Å². The molecule has 94 valence electrons. The van der Waals surface area contributed by atoms with Crippen LogP contribution >= 0.6 is 23.4 Å². The van der Waals surface area contributed by atoms with Crippen molar-refractivity contribution in [3.8, 4) is 0 Å². The van der Waals surface area contributed by atoms with Crippen LogP contribution in [0.5, 0.6) is 0 Å². The van der Waals surface area contributed by atoms with E-state index in [1.807, 2.05) is 6.07 Å². The van der Waals surface area contributed by atoms with Crippen LogP contribution in [0, 0.1) is 0 Å². The first kappa shape index (κ1) is 14.3. The largest absolute Gasteiger partial charge is 0.468 e. The van der Waals surface area contributed by atoms with Crippen LogP contribution in [-0.4, -0.2) is 29.9 Å². The molecule has 4 nitrogen and oxygen atoms in total. The van der Waals surface area contributed by atoms with E-state index in [2.05, 4.69) is 9.72 Å². The number of esters is 1. The number of hydrogen-bond donors (Lipinski definition) is 1. The van der Waals surface area contributed by atoms with Crippen LogP contribution in [0.1, 0.15) is 12.0 Å². The van der Waals surface area contributed by atoms with Gasteiger partial charge in [0.15, 0.2) is 0 Å². The Bertz CT molecular complexity index is 376. The summed E-state index contributed by atoms with van der Waals surface area (Å²) in [7, 11) is 1.34. The van der Waals surface area contributed by atoms with Crippen LogP contribution in [0.25, 0.3) is 0 Å². The lowest BCUT2D eigenvalue weighted by molar-refractivity contribution is -0.142. The van der Waals surface area contributed by atoms with Crippen molar-refractivity contribution in [1.82, 2.24) is 4.98 Å². The highest BCUT2D eigenvalue weighted by Crippen LogP contribution is 2.20. The van der Waals surface area contributed by atoms with E-state index in [4.69, 9.17) is 17.3 Å². The number of carbonyl (C=O) groups excluding carboxylic acids is 1. The van der Waals surface area contributed by atoms with Crippen molar-refractivity contribution in [1.29, 1.82) is 0 Å². The number of nitrogens with zero attached hydrogens (tertiary/aromatic N) is 1. The second-order valence-corrected chi connectivity index (χ2v) is 4.95. The van der Waals surface area contributed by atoms with Gasteiger partial charge >= 0.3 is 5.97 Å². The number of nitrogens with two attached hydrogens (primary N) is 1. The average molecular weight is 275 g/mol. The third kappa shape index (κ3) is 4.93. The number of pyridine rings is 1. The summed E-state index contributed by atoms with van der Waals surface area (Å²) in [5.74, 6) is 1.21. The van der Waals surface area contributed by atoms with Gasteiger partial charge in [-0.1, -0.05) is 11.6 Å². The molecule has 0 amide bonds. The first-order valence-electron chi connectivity index (χ1n) is 5.14. The zero-order valence-electron chi connectivity index (χ0n) is 9.56. The average Bonchev–Trinajstić information content (AvgIpc) is 2.35. The second-order valence-electron chi connectivity index (χ2n) is 3.44. The Morgan fingerprint density at radius 2 is 2.47 bits per heavy atom. The molecule has 1 unspecified atom stereocenters. The number of rotatable bonds is 6. The van der Waals surface area contributed by atoms with Gasteiger partial charge in [0.1, 0.15) is 6.04 Å². The van der Waals surface area contributed by atoms with E-state index in [0.717, 1.165) is 17.1 Å². The topological polar surface area (TPSA) is 65.2 Å². The molecule has 1 aromatic heterocycles. The summed E-state index contributed by atoms with van der Waals surface area (Å²) >= 11 is 7.64. The predicted octanol–water partition coefficient (Wildman–Crippen LogP) is 1.86. The molecule has 6 heteroatoms. The maximum Gasteiger partial charge on any atom is 0.322 e. The van der Waals surface area contributed by atoms with Crippen LogP contribution in [0.2, 0.25) is 5.02 Å². The minimum Gasteiger partial charge on any atom is -0.468 e. The van der Waals surface area contributed by atoms with Gasteiger partial charge in [0.05, 0.1) is 12.1 Å². The molecule has 0 aliphatic rings. The zero-order valence-corrected chi connectivity index (χ0v) is 11.1. The number of aromatic nitrogens is 1. The molecule has 0 spiro atoms. The normalized spacial score (nSPS) is 12.2. The Kier molecular flexibility index (Phi) is 6.32. The molecule has 17 heavy (non-hydrogen) atoms. The van der Waals surface area contributed by atoms with E-state index in [1.54, 1.807) is 24.2 Å². The third-order valence-electron chi connectivity index (χ3n) is 2.19. The molecule has 0 saturated carbocycles. The monoisotopic (exact) mass is 274 g/mol. The minimum atomic E-state index is -0.541. The van der Waals surface area contributed by atoms with Crippen molar-refractivity contribution in [2.24, 2.45) is 5.73 Å². The van der Waals surface area contributed by atoms with Crippen molar-refractivity contribution in [3.05, 3.63) is 29.0 Å². The molecule has 0 radical (unpaired) electrons. The zero-order chi connectivity index (χ0) is 12.7. The van der Waals surface area contributed by atoms with E-state index in [1.165, 1.54) is 7.11 Å². The van der Waals surface area contributed by atoms with Gasteiger partial charge in [-0.25, -0.2) is 0 Å². The Balaban J connectivity index is 2.25. The highest BCUT2D eigenvalue weighted by atomic mass is 35.5. The van der Waals surface area contributed by atoms with Gasteiger partial charge < -0.3 is 10.5 Å². The second kappa shape index (κ2) is 7.53. The molecule has 1 heterocycles. The number of carbonyl (C=O) groups is 1. The smallest absolute Gasteiger partial charge is 0.322 e. The van der Waals surface area contributed by atoms with Crippen LogP contribution in [0.4, 0.5) is 0 Å². The summed E-state index contributed by atoms with van der Waals surface area (Å²) in [6.45, 7) is 0. The molecule has 1 rings (SSSR count). The molecule has 2 N–H and O–H groups in total. The van der Waals surface area contributed by atoms with Gasteiger partial charge in [0, 0.05) is 18.1 Å². The molecule has 0 aliphatic carbocycles. The summed E-state index contributed by atoms with van der Waals surface area (Å²) in [4.78, 5) is 15.0. The Morgan fingerprint density at radius 1 is 1.71 bits per heavy atom. The Labute approximate surface area is 110 Å². The van der Waals surface area contributed by atoms with Crippen molar-refractivity contribution in [2.45, 2.75) is 18.2 Å². The number of thioether (sulfide) groups is 1. The summed E-state index contributed by atoms with van der Waals surface area (Å²) in [6, 6.07) is 1.34. The van der Waals surface area contributed by atoms with Gasteiger partial charge in [-0.3, -0.25) is 9.78 Å². The number of methoxy groups -OCH3 is 1. The first-order chi connectivity index (χ1) is 8.15. The van der Waals surface area contributed by atoms with Gasteiger partial charge in [-0.15, -0.1) is 0 Å². The van der Waals surface area contributed by atoms with Gasteiger partial charge in [-0.05, 0) is 23.8 Å². The standard InChI is InChI=1S/C11H15ClN2O2S/c1-16-11(15)10(13)3-5-17-7-8-2-4-14-6-9(8)12/h2,4,6,10H,3,5,7,13H2,1H3. The van der Waals surface area contributed by atoms with Gasteiger partial charge in [0.25, 0.3) is 0 Å². The molecule has 0 saturated heterocycles. The summed E-state index contributed by atoms with van der Waals surface area (Å²) in [5, 5.41) is 0.664. The molecular weight excluding hydrogens is 260 g/mol. The van der Waals surface area contributed by atoms with Crippen molar-refractivity contribution in [3.63, 3.8) is 0 Å². The summed E-state index contributed by atoms with van der Waals surface area (Å²) in [6.07, 6.45) is 3.93. The third-order valence-corrected chi connectivity index (χ3v) is 3.57. The van der Waals surface area contributed by atoms with E-state index in [-0.39, 0.29) is 5.97 Å². The van der Waals surface area contributed by atoms with E-state index >= 15 is 0 Å². The molecule has 1 aromatic rings. The van der Waals surface area contributed by atoms with Crippen molar-refractivity contribution >= 4 is 29.3 Å². The van der Waals surface area contributed by atoms with Crippen molar-refractivity contribution < 1.29 is 9.53 Å². The van der Waals surface area contributed by atoms with Crippen LogP contribution < -0.4 is 5.73 Å². The molecule has 0 bridgehead atoms. The highest BCUT2D eigenvalue weighted by molar-refractivity contribution is 7.98. The van der Waals surface area contributed by atoms with Crippen molar-refractivity contribution in [2.75, 3.05) is 12.9 Å². The number of halogens is 1. The lowest BCUT2D eigenvalue weighted by atomic mass is 10.2. The Morgan fingerprint density at radius 3 is 3.12 bits per heavy atom. The predicted molar refractivity (Wildman–Crippen MR) is 70.0 cm³/mol. The minimum absolute atomic E-state index is 0.368. The van der Waals surface area contributed by atoms with E-state index in [0.29, 0.717) is 11.4 Å². The lowest BCUT2D eigenvalue weighted by Crippen LogP contribution is -2.31. The summed E-state index contributed by atoms with van der Waals surface area (Å²) in [5.41, 5.74) is 6.65. The summed E-state index contributed by atoms with van der Waals surface area (Å²) < 4.78 is 4.54. The van der Waals surface area contributed by atoms with Crippen LogP contribution in [0.3, 0.4) is 0 Å². The fourth-order valence-corrected chi connectivity index (χ4v) is 2.48. The first-order valence-corrected chi connectivity index (χ1v) is 6.68. The fraction of sp³-hybridized carbons (Fsp3) is 0.455. The van der Waals surface area contributed by atoms with Gasteiger partial charge in [-0.2, -0.15) is 11.8 Å². The van der Waals surface area contributed by atoms with Crippen LogP contribution in [0.15, 0.2) is 18.5 Å². The quantitative estimate of drug-likeness (QED) is 0.634. The fourth-order valence-electron chi connectivity index (χ4n) is 1.18. The van der Waals surface area contributed by atoms with Gasteiger partial charge in [0.2, 0.25) is 0 Å². The molecule has 0 aliphatic heterocycles. The maximum absolute atomic E-state index is 11.0. The highest BCUT2D eigenvalue weighted by Gasteiger charge is 2.12. The van der Waals surface area contributed by atoms with E-state index in [9.17, 15) is 4.79 Å². The number of hydrogen-bond acceptors (Lipinski definition) is 5. The molecule has 0 aromatic carbocycles. The molecular formula is C11H15ClN2O2S.